The molecule has 1 aliphatic rings. The maximum atomic E-state index is 11.8. The van der Waals surface area contributed by atoms with Crippen molar-refractivity contribution >= 4 is 11.6 Å². The third-order valence-corrected chi connectivity index (χ3v) is 4.40. The molecule has 1 amide bonds. The predicted molar refractivity (Wildman–Crippen MR) is 94.8 cm³/mol. The number of pyridine rings is 1. The summed E-state index contributed by atoms with van der Waals surface area (Å²) in [6.07, 6.45) is 4.58. The van der Waals surface area contributed by atoms with Crippen LogP contribution in [0.5, 0.6) is 5.88 Å². The second-order valence-corrected chi connectivity index (χ2v) is 6.01. The van der Waals surface area contributed by atoms with Gasteiger partial charge in [-0.05, 0) is 36.2 Å². The number of carbonyl (C=O) groups is 1. The summed E-state index contributed by atoms with van der Waals surface area (Å²) in [5.74, 6) is 0.523. The predicted octanol–water partition coefficient (Wildman–Crippen LogP) is 2.64. The van der Waals surface area contributed by atoms with Gasteiger partial charge in [-0.15, -0.1) is 0 Å². The quantitative estimate of drug-likeness (QED) is 0.787. The van der Waals surface area contributed by atoms with Crippen molar-refractivity contribution in [3.63, 3.8) is 0 Å². The Morgan fingerprint density at radius 3 is 2.54 bits per heavy atom. The lowest BCUT2D eigenvalue weighted by Gasteiger charge is -2.15. The van der Waals surface area contributed by atoms with Crippen LogP contribution in [0.1, 0.15) is 18.4 Å². The number of nitriles is 1. The van der Waals surface area contributed by atoms with Crippen molar-refractivity contribution in [1.82, 2.24) is 14.8 Å². The minimum atomic E-state index is -0.0350. The zero-order valence-corrected chi connectivity index (χ0v) is 13.8. The molecule has 1 fully saturated rings. The molecule has 0 radical (unpaired) electrons. The molecule has 26 heavy (non-hydrogen) atoms. The second kappa shape index (κ2) is 6.33. The number of benzene rings is 1. The molecular weight excluding hydrogens is 330 g/mol. The van der Waals surface area contributed by atoms with Crippen LogP contribution in [0.4, 0.5) is 5.69 Å². The van der Waals surface area contributed by atoms with Crippen LogP contribution >= 0.6 is 0 Å². The molecule has 0 aliphatic carbocycles. The van der Waals surface area contributed by atoms with Crippen molar-refractivity contribution in [2.45, 2.75) is 12.8 Å². The summed E-state index contributed by atoms with van der Waals surface area (Å²) >= 11 is 0. The van der Waals surface area contributed by atoms with Crippen LogP contribution in [0.15, 0.2) is 48.8 Å². The van der Waals surface area contributed by atoms with E-state index in [1.165, 1.54) is 4.68 Å². The van der Waals surface area contributed by atoms with Gasteiger partial charge in [-0.25, -0.2) is 4.98 Å². The van der Waals surface area contributed by atoms with E-state index in [-0.39, 0.29) is 11.8 Å². The molecule has 0 spiro atoms. The van der Waals surface area contributed by atoms with E-state index < -0.39 is 0 Å². The summed E-state index contributed by atoms with van der Waals surface area (Å²) in [5.41, 5.74) is 2.60. The Morgan fingerprint density at radius 1 is 1.12 bits per heavy atom. The zero-order chi connectivity index (χ0) is 18.1. The first kappa shape index (κ1) is 15.8. The smallest absolute Gasteiger partial charge is 0.227 e. The van der Waals surface area contributed by atoms with E-state index in [0.29, 0.717) is 29.9 Å². The molecule has 1 N–H and O–H groups in total. The van der Waals surface area contributed by atoms with Gasteiger partial charge >= 0.3 is 0 Å². The first-order chi connectivity index (χ1) is 12.7. The van der Waals surface area contributed by atoms with Crippen LogP contribution < -0.4 is 4.90 Å². The number of aromatic hydroxyl groups is 1. The maximum Gasteiger partial charge on any atom is 0.227 e. The minimum absolute atomic E-state index is 0.0350. The average Bonchev–Trinajstić information content (AvgIpc) is 3.28. The minimum Gasteiger partial charge on any atom is -0.493 e. The normalized spacial score (nSPS) is 13.8. The van der Waals surface area contributed by atoms with E-state index in [4.69, 9.17) is 5.26 Å². The van der Waals surface area contributed by atoms with E-state index in [2.05, 4.69) is 16.2 Å². The highest BCUT2D eigenvalue weighted by atomic mass is 16.3. The molecule has 3 heterocycles. The highest BCUT2D eigenvalue weighted by molar-refractivity contribution is 5.95. The van der Waals surface area contributed by atoms with Crippen LogP contribution in [-0.2, 0) is 4.79 Å². The largest absolute Gasteiger partial charge is 0.493 e. The standard InChI is InChI=1S/C19H15N5O2/c20-10-13-3-5-14(6-4-13)16-12-22-24(19(16)26)17-8-7-15(11-21-17)23-9-1-2-18(23)25/h3-8,11-12,26H,1-2,9H2. The molecule has 0 saturated carbocycles. The van der Waals surface area contributed by atoms with Crippen molar-refractivity contribution < 1.29 is 9.90 Å². The maximum absolute atomic E-state index is 11.8. The van der Waals surface area contributed by atoms with Crippen LogP contribution in [0.3, 0.4) is 0 Å². The monoisotopic (exact) mass is 345 g/mol. The van der Waals surface area contributed by atoms with Crippen molar-refractivity contribution in [2.24, 2.45) is 0 Å². The molecule has 2 aromatic heterocycles. The van der Waals surface area contributed by atoms with Crippen LogP contribution in [0.25, 0.3) is 16.9 Å². The number of aromatic nitrogens is 3. The summed E-state index contributed by atoms with van der Waals surface area (Å²) in [7, 11) is 0. The van der Waals surface area contributed by atoms with Gasteiger partial charge in [-0.3, -0.25) is 4.79 Å². The lowest BCUT2D eigenvalue weighted by atomic mass is 10.1. The molecule has 0 bridgehead atoms. The summed E-state index contributed by atoms with van der Waals surface area (Å²) < 4.78 is 1.34. The first-order valence-electron chi connectivity index (χ1n) is 8.21. The van der Waals surface area contributed by atoms with Gasteiger partial charge in [0.1, 0.15) is 0 Å². The lowest BCUT2D eigenvalue weighted by Crippen LogP contribution is -2.23. The van der Waals surface area contributed by atoms with Crippen molar-refractivity contribution in [1.29, 1.82) is 5.26 Å². The van der Waals surface area contributed by atoms with Gasteiger partial charge in [-0.1, -0.05) is 12.1 Å². The van der Waals surface area contributed by atoms with Crippen molar-refractivity contribution in [3.05, 3.63) is 54.4 Å². The van der Waals surface area contributed by atoms with Gasteiger partial charge in [0.05, 0.1) is 35.3 Å². The van der Waals surface area contributed by atoms with Gasteiger partial charge in [0.25, 0.3) is 0 Å². The Bertz CT molecular complexity index is 1000. The molecule has 7 nitrogen and oxygen atoms in total. The summed E-state index contributed by atoms with van der Waals surface area (Å²) in [5, 5.41) is 23.6. The van der Waals surface area contributed by atoms with Crippen LogP contribution in [-0.4, -0.2) is 32.3 Å². The lowest BCUT2D eigenvalue weighted by molar-refractivity contribution is -0.117. The summed E-state index contributed by atoms with van der Waals surface area (Å²) in [6, 6.07) is 12.5. The summed E-state index contributed by atoms with van der Waals surface area (Å²) in [6.45, 7) is 0.704. The van der Waals surface area contributed by atoms with Gasteiger partial charge in [0.2, 0.25) is 11.8 Å². The second-order valence-electron chi connectivity index (χ2n) is 6.01. The van der Waals surface area contributed by atoms with Crippen LogP contribution in [0.2, 0.25) is 0 Å². The molecule has 0 unspecified atom stereocenters. The first-order valence-corrected chi connectivity index (χ1v) is 8.21. The molecule has 0 atom stereocenters. The molecule has 1 aliphatic heterocycles. The number of amides is 1. The molecular formula is C19H15N5O2. The highest BCUT2D eigenvalue weighted by Crippen LogP contribution is 2.31. The van der Waals surface area contributed by atoms with E-state index in [1.807, 2.05) is 0 Å². The molecule has 1 aromatic carbocycles. The van der Waals surface area contributed by atoms with E-state index in [0.717, 1.165) is 17.7 Å². The molecule has 4 rings (SSSR count). The van der Waals surface area contributed by atoms with E-state index in [1.54, 1.807) is 53.7 Å². The number of rotatable bonds is 3. The number of hydrogen-bond acceptors (Lipinski definition) is 5. The molecule has 7 heteroatoms. The zero-order valence-electron chi connectivity index (χ0n) is 13.8. The van der Waals surface area contributed by atoms with Gasteiger partial charge in [0.15, 0.2) is 5.82 Å². The van der Waals surface area contributed by atoms with E-state index in [9.17, 15) is 9.90 Å². The highest BCUT2D eigenvalue weighted by Gasteiger charge is 2.22. The Balaban J connectivity index is 1.63. The summed E-state index contributed by atoms with van der Waals surface area (Å²) in [4.78, 5) is 17.8. The fraction of sp³-hybridized carbons (Fsp3) is 0.158. The third kappa shape index (κ3) is 2.67. The fourth-order valence-electron chi connectivity index (χ4n) is 3.02. The molecule has 3 aromatic rings. The average molecular weight is 345 g/mol. The SMILES string of the molecule is N#Cc1ccc(-c2cnn(-c3ccc(N4CCCC4=O)cn3)c2O)cc1. The van der Waals surface area contributed by atoms with Gasteiger partial charge in [-0.2, -0.15) is 15.0 Å². The Labute approximate surface area is 149 Å². The third-order valence-electron chi connectivity index (χ3n) is 4.40. The number of anilines is 1. The van der Waals surface area contributed by atoms with Crippen LogP contribution in [0, 0.1) is 11.3 Å². The number of carbonyl (C=O) groups excluding carboxylic acids is 1. The molecule has 1 saturated heterocycles. The van der Waals surface area contributed by atoms with Crippen molar-refractivity contribution in [3.8, 4) is 28.9 Å². The molecule has 128 valence electrons. The Kier molecular flexibility index (Phi) is 3.86. The van der Waals surface area contributed by atoms with Gasteiger partial charge in [0, 0.05) is 13.0 Å². The van der Waals surface area contributed by atoms with Gasteiger partial charge < -0.3 is 10.0 Å². The van der Waals surface area contributed by atoms with Crippen molar-refractivity contribution in [2.75, 3.05) is 11.4 Å². The Hall–Kier alpha value is -3.66. The Morgan fingerprint density at radius 2 is 1.92 bits per heavy atom. The fourth-order valence-corrected chi connectivity index (χ4v) is 3.02. The van der Waals surface area contributed by atoms with E-state index >= 15 is 0 Å². The number of hydrogen-bond donors (Lipinski definition) is 1. The topological polar surface area (TPSA) is 95.0 Å². The number of nitrogens with zero attached hydrogens (tertiary/aromatic N) is 5.